The molecule has 0 saturated carbocycles. The zero-order valence-electron chi connectivity index (χ0n) is 12.2. The van der Waals surface area contributed by atoms with E-state index in [9.17, 15) is 4.79 Å². The number of nitrogens with zero attached hydrogens (tertiary/aromatic N) is 2. The number of fused-ring (bicyclic) bond motifs is 1. The van der Waals surface area contributed by atoms with Crippen LogP contribution in [0.5, 0.6) is 0 Å². The number of hydrogen-bond acceptors (Lipinski definition) is 3. The van der Waals surface area contributed by atoms with Gasteiger partial charge in [-0.25, -0.2) is 4.98 Å². The Morgan fingerprint density at radius 2 is 2.29 bits per heavy atom. The van der Waals surface area contributed by atoms with Crippen molar-refractivity contribution in [3.05, 3.63) is 22.7 Å². The van der Waals surface area contributed by atoms with Gasteiger partial charge in [-0.2, -0.15) is 0 Å². The summed E-state index contributed by atoms with van der Waals surface area (Å²) in [5.41, 5.74) is 1.97. The van der Waals surface area contributed by atoms with Crippen molar-refractivity contribution < 1.29 is 9.90 Å². The Labute approximate surface area is 137 Å². The second-order valence-corrected chi connectivity index (χ2v) is 6.93. The summed E-state index contributed by atoms with van der Waals surface area (Å²) >= 11 is 4.78. The molecule has 0 aliphatic carbocycles. The van der Waals surface area contributed by atoms with Gasteiger partial charge in [-0.05, 0) is 31.5 Å². The van der Waals surface area contributed by atoms with Gasteiger partial charge in [0.2, 0.25) is 0 Å². The van der Waals surface area contributed by atoms with Crippen LogP contribution in [0.25, 0.3) is 11.0 Å². The maximum Gasteiger partial charge on any atom is 0.313 e. The van der Waals surface area contributed by atoms with Crippen LogP contribution in [0.15, 0.2) is 27.8 Å². The van der Waals surface area contributed by atoms with Crippen LogP contribution in [0.1, 0.15) is 39.2 Å². The van der Waals surface area contributed by atoms with Gasteiger partial charge in [-0.1, -0.05) is 47.5 Å². The summed E-state index contributed by atoms with van der Waals surface area (Å²) in [7, 11) is 0. The monoisotopic (exact) mass is 370 g/mol. The maximum atomic E-state index is 10.8. The Bertz CT molecular complexity index is 642. The highest BCUT2D eigenvalue weighted by molar-refractivity contribution is 9.10. The van der Waals surface area contributed by atoms with Gasteiger partial charge in [0.25, 0.3) is 0 Å². The lowest BCUT2D eigenvalue weighted by molar-refractivity contribution is -0.133. The van der Waals surface area contributed by atoms with E-state index in [1.54, 1.807) is 0 Å². The minimum Gasteiger partial charge on any atom is -0.481 e. The van der Waals surface area contributed by atoms with E-state index < -0.39 is 5.97 Å². The molecule has 114 valence electrons. The third-order valence-corrected chi connectivity index (χ3v) is 4.79. The van der Waals surface area contributed by atoms with E-state index in [0.717, 1.165) is 39.9 Å². The molecule has 1 unspecified atom stereocenters. The first kappa shape index (κ1) is 16.4. The van der Waals surface area contributed by atoms with E-state index >= 15 is 0 Å². The third-order valence-electron chi connectivity index (χ3n) is 3.36. The third kappa shape index (κ3) is 4.01. The number of unbranched alkanes of at least 4 members (excludes halogenated alkanes) is 1. The van der Waals surface area contributed by atoms with Gasteiger partial charge >= 0.3 is 5.97 Å². The molecular weight excluding hydrogens is 352 g/mol. The number of benzene rings is 1. The standard InChI is InChI=1S/C15H19BrN2O2S/c1-3-4-5-10(2)18-13-8-11(16)6-7-12(13)17-15(18)21-9-14(19)20/h6-8,10H,3-5,9H2,1-2H3,(H,19,20). The number of imidazole rings is 1. The van der Waals surface area contributed by atoms with Crippen LogP contribution in [0.3, 0.4) is 0 Å². The van der Waals surface area contributed by atoms with E-state index in [1.807, 2.05) is 12.1 Å². The summed E-state index contributed by atoms with van der Waals surface area (Å²) < 4.78 is 3.18. The van der Waals surface area contributed by atoms with E-state index in [-0.39, 0.29) is 5.75 Å². The van der Waals surface area contributed by atoms with Gasteiger partial charge in [0.05, 0.1) is 16.8 Å². The molecule has 2 aromatic rings. The molecule has 21 heavy (non-hydrogen) atoms. The highest BCUT2D eigenvalue weighted by Gasteiger charge is 2.17. The Morgan fingerprint density at radius 1 is 1.52 bits per heavy atom. The summed E-state index contributed by atoms with van der Waals surface area (Å²) in [6.07, 6.45) is 3.37. The van der Waals surface area contributed by atoms with E-state index in [0.29, 0.717) is 6.04 Å². The normalized spacial score (nSPS) is 12.7. The predicted octanol–water partition coefficient (Wildman–Crippen LogP) is 4.73. The van der Waals surface area contributed by atoms with Crippen LogP contribution >= 0.6 is 27.7 Å². The summed E-state index contributed by atoms with van der Waals surface area (Å²) in [4.78, 5) is 15.4. The lowest BCUT2D eigenvalue weighted by atomic mass is 10.1. The molecule has 0 radical (unpaired) electrons. The number of carbonyl (C=O) groups is 1. The summed E-state index contributed by atoms with van der Waals surface area (Å²) in [5, 5.41) is 9.69. The largest absolute Gasteiger partial charge is 0.481 e. The average molecular weight is 371 g/mol. The first-order chi connectivity index (χ1) is 10.0. The molecule has 0 aliphatic rings. The number of aliphatic carboxylic acids is 1. The molecule has 0 saturated heterocycles. The summed E-state index contributed by atoms with van der Waals surface area (Å²) in [6.45, 7) is 4.35. The van der Waals surface area contributed by atoms with E-state index in [2.05, 4.69) is 45.4 Å². The Morgan fingerprint density at radius 3 is 2.95 bits per heavy atom. The van der Waals surface area contributed by atoms with Crippen molar-refractivity contribution in [3.8, 4) is 0 Å². The quantitative estimate of drug-likeness (QED) is 0.715. The van der Waals surface area contributed by atoms with Crippen molar-refractivity contribution in [2.75, 3.05) is 5.75 Å². The van der Waals surface area contributed by atoms with Crippen molar-refractivity contribution >= 4 is 44.7 Å². The Hall–Kier alpha value is -1.01. The summed E-state index contributed by atoms with van der Waals surface area (Å²) in [6, 6.07) is 6.28. The van der Waals surface area contributed by atoms with Crippen molar-refractivity contribution in [1.82, 2.24) is 9.55 Å². The van der Waals surface area contributed by atoms with Gasteiger partial charge in [0, 0.05) is 10.5 Å². The Kier molecular flexibility index (Phi) is 5.70. The van der Waals surface area contributed by atoms with Crippen molar-refractivity contribution in [1.29, 1.82) is 0 Å². The van der Waals surface area contributed by atoms with Gasteiger partial charge in [-0.15, -0.1) is 0 Å². The number of carboxylic acid groups (broad SMARTS) is 1. The topological polar surface area (TPSA) is 55.1 Å². The number of rotatable bonds is 7. The molecule has 2 rings (SSSR count). The molecule has 0 bridgehead atoms. The average Bonchev–Trinajstić information content (AvgIpc) is 2.80. The number of carboxylic acids is 1. The fourth-order valence-corrected chi connectivity index (χ4v) is 3.51. The van der Waals surface area contributed by atoms with Crippen LogP contribution in [-0.2, 0) is 4.79 Å². The zero-order valence-corrected chi connectivity index (χ0v) is 14.6. The molecule has 0 spiro atoms. The maximum absolute atomic E-state index is 10.8. The number of hydrogen-bond donors (Lipinski definition) is 1. The molecule has 6 heteroatoms. The number of thioether (sulfide) groups is 1. The first-order valence-electron chi connectivity index (χ1n) is 7.05. The van der Waals surface area contributed by atoms with Crippen LogP contribution in [-0.4, -0.2) is 26.4 Å². The second kappa shape index (κ2) is 7.31. The van der Waals surface area contributed by atoms with Gasteiger partial charge < -0.3 is 9.67 Å². The van der Waals surface area contributed by atoms with E-state index in [1.165, 1.54) is 11.8 Å². The molecular formula is C15H19BrN2O2S. The van der Waals surface area contributed by atoms with Gasteiger partial charge in [0.1, 0.15) is 0 Å². The molecule has 1 aromatic heterocycles. The highest BCUT2D eigenvalue weighted by Crippen LogP contribution is 2.31. The van der Waals surface area contributed by atoms with Crippen LogP contribution < -0.4 is 0 Å². The number of aromatic nitrogens is 2. The predicted molar refractivity (Wildman–Crippen MR) is 90.0 cm³/mol. The van der Waals surface area contributed by atoms with Crippen LogP contribution in [0.4, 0.5) is 0 Å². The molecule has 4 nitrogen and oxygen atoms in total. The highest BCUT2D eigenvalue weighted by atomic mass is 79.9. The Balaban J connectivity index is 2.42. The van der Waals surface area contributed by atoms with Crippen molar-refractivity contribution in [2.45, 2.75) is 44.3 Å². The van der Waals surface area contributed by atoms with Gasteiger partial charge in [0.15, 0.2) is 5.16 Å². The van der Waals surface area contributed by atoms with Crippen LogP contribution in [0.2, 0.25) is 0 Å². The molecule has 0 fully saturated rings. The SMILES string of the molecule is CCCCC(C)n1c(SCC(=O)O)nc2ccc(Br)cc21. The fraction of sp³-hybridized carbons (Fsp3) is 0.467. The van der Waals surface area contributed by atoms with Crippen molar-refractivity contribution in [2.24, 2.45) is 0 Å². The fourth-order valence-electron chi connectivity index (χ4n) is 2.33. The van der Waals surface area contributed by atoms with E-state index in [4.69, 9.17) is 5.11 Å². The first-order valence-corrected chi connectivity index (χ1v) is 8.83. The summed E-state index contributed by atoms with van der Waals surface area (Å²) in [5.74, 6) is -0.786. The minimum atomic E-state index is -0.819. The molecule has 1 atom stereocenters. The molecule has 0 aliphatic heterocycles. The lowest BCUT2D eigenvalue weighted by Gasteiger charge is -2.17. The lowest BCUT2D eigenvalue weighted by Crippen LogP contribution is -2.08. The number of halogens is 1. The second-order valence-electron chi connectivity index (χ2n) is 5.07. The zero-order chi connectivity index (χ0) is 15.4. The molecule has 0 amide bonds. The minimum absolute atomic E-state index is 0.0327. The van der Waals surface area contributed by atoms with Crippen LogP contribution in [0, 0.1) is 0 Å². The van der Waals surface area contributed by atoms with Crippen molar-refractivity contribution in [3.63, 3.8) is 0 Å². The molecule has 1 aromatic carbocycles. The molecule has 1 N–H and O–H groups in total. The smallest absolute Gasteiger partial charge is 0.313 e. The molecule has 1 heterocycles. The van der Waals surface area contributed by atoms with Gasteiger partial charge in [-0.3, -0.25) is 4.79 Å².